The lowest BCUT2D eigenvalue weighted by molar-refractivity contribution is 0.0809. The molecule has 0 unspecified atom stereocenters. The van der Waals surface area contributed by atoms with Gasteiger partial charge in [-0.3, -0.25) is 4.79 Å². The molecule has 0 radical (unpaired) electrons. The molecule has 2 rings (SSSR count). The van der Waals surface area contributed by atoms with Crippen molar-refractivity contribution in [3.8, 4) is 16.9 Å². The van der Waals surface area contributed by atoms with E-state index in [1.807, 2.05) is 0 Å². The van der Waals surface area contributed by atoms with Gasteiger partial charge in [0.2, 0.25) is 0 Å². The van der Waals surface area contributed by atoms with Gasteiger partial charge < -0.3 is 4.74 Å². The lowest BCUT2D eigenvalue weighted by Gasteiger charge is -2.10. The molecule has 0 fully saturated rings. The predicted octanol–water partition coefficient (Wildman–Crippen LogP) is 4.46. The van der Waals surface area contributed by atoms with Crippen LogP contribution in [0.1, 0.15) is 10.4 Å². The highest BCUT2D eigenvalue weighted by Gasteiger charge is 2.09. The molecule has 2 nitrogen and oxygen atoms in total. The van der Waals surface area contributed by atoms with Gasteiger partial charge in [0.1, 0.15) is 12.4 Å². The SMILES string of the molecule is O=Cc1ccc(-c2ccc(Cl)cc2)cc1OCC(F)F. The van der Waals surface area contributed by atoms with E-state index in [2.05, 4.69) is 0 Å². The van der Waals surface area contributed by atoms with Gasteiger partial charge in [0.15, 0.2) is 6.29 Å². The van der Waals surface area contributed by atoms with E-state index in [1.165, 1.54) is 6.07 Å². The van der Waals surface area contributed by atoms with Crippen LogP contribution in [0.25, 0.3) is 11.1 Å². The summed E-state index contributed by atoms with van der Waals surface area (Å²) in [5, 5.41) is 0.604. The Hall–Kier alpha value is -1.94. The van der Waals surface area contributed by atoms with Crippen molar-refractivity contribution in [2.45, 2.75) is 6.43 Å². The van der Waals surface area contributed by atoms with Gasteiger partial charge in [-0.15, -0.1) is 0 Å². The summed E-state index contributed by atoms with van der Waals surface area (Å²) in [7, 11) is 0. The Morgan fingerprint density at radius 2 is 1.75 bits per heavy atom. The van der Waals surface area contributed by atoms with Crippen molar-refractivity contribution < 1.29 is 18.3 Å². The molecular weight excluding hydrogens is 286 g/mol. The molecule has 20 heavy (non-hydrogen) atoms. The second-order valence-corrected chi connectivity index (χ2v) is 4.52. The smallest absolute Gasteiger partial charge is 0.272 e. The molecule has 0 aromatic heterocycles. The number of halogens is 3. The number of carbonyl (C=O) groups is 1. The van der Waals surface area contributed by atoms with Crippen molar-refractivity contribution in [3.63, 3.8) is 0 Å². The second kappa shape index (κ2) is 6.48. The summed E-state index contributed by atoms with van der Waals surface area (Å²) in [6, 6.07) is 11.9. The molecule has 0 spiro atoms. The maximum absolute atomic E-state index is 12.2. The van der Waals surface area contributed by atoms with Crippen molar-refractivity contribution in [2.75, 3.05) is 6.61 Å². The Kier molecular flexibility index (Phi) is 4.69. The Morgan fingerprint density at radius 3 is 2.35 bits per heavy atom. The first-order valence-electron chi connectivity index (χ1n) is 5.86. The van der Waals surface area contributed by atoms with E-state index in [9.17, 15) is 13.6 Å². The van der Waals surface area contributed by atoms with E-state index < -0.39 is 13.0 Å². The van der Waals surface area contributed by atoms with Gasteiger partial charge in [0.25, 0.3) is 6.43 Å². The van der Waals surface area contributed by atoms with Crippen LogP contribution in [0.2, 0.25) is 5.02 Å². The average Bonchev–Trinajstić information content (AvgIpc) is 2.45. The van der Waals surface area contributed by atoms with E-state index >= 15 is 0 Å². The van der Waals surface area contributed by atoms with Crippen LogP contribution in [0, 0.1) is 0 Å². The fourth-order valence-electron chi connectivity index (χ4n) is 1.73. The number of benzene rings is 2. The Labute approximate surface area is 119 Å². The molecule has 0 amide bonds. The van der Waals surface area contributed by atoms with Crippen molar-refractivity contribution in [3.05, 3.63) is 53.1 Å². The zero-order valence-corrected chi connectivity index (χ0v) is 11.1. The first kappa shape index (κ1) is 14.5. The van der Waals surface area contributed by atoms with Crippen LogP contribution >= 0.6 is 11.6 Å². The number of alkyl halides is 2. The second-order valence-electron chi connectivity index (χ2n) is 4.08. The summed E-state index contributed by atoms with van der Waals surface area (Å²) in [6.45, 7) is -0.745. The third-order valence-electron chi connectivity index (χ3n) is 2.68. The number of hydrogen-bond acceptors (Lipinski definition) is 2. The van der Waals surface area contributed by atoms with Crippen LogP contribution in [0.4, 0.5) is 8.78 Å². The quantitative estimate of drug-likeness (QED) is 0.761. The van der Waals surface area contributed by atoms with E-state index in [0.717, 1.165) is 11.1 Å². The third-order valence-corrected chi connectivity index (χ3v) is 2.93. The number of rotatable bonds is 5. The molecule has 0 heterocycles. The first-order chi connectivity index (χ1) is 9.60. The first-order valence-corrected chi connectivity index (χ1v) is 6.24. The summed E-state index contributed by atoms with van der Waals surface area (Å²) in [6.07, 6.45) is -2.01. The molecule has 0 saturated carbocycles. The van der Waals surface area contributed by atoms with E-state index in [4.69, 9.17) is 16.3 Å². The molecular formula is C15H11ClF2O2. The Morgan fingerprint density at radius 1 is 1.10 bits per heavy atom. The van der Waals surface area contributed by atoms with Gasteiger partial charge in [-0.1, -0.05) is 29.8 Å². The highest BCUT2D eigenvalue weighted by atomic mass is 35.5. The van der Waals surface area contributed by atoms with Gasteiger partial charge >= 0.3 is 0 Å². The lowest BCUT2D eigenvalue weighted by Crippen LogP contribution is -2.08. The van der Waals surface area contributed by atoms with Gasteiger partial charge in [0.05, 0.1) is 5.56 Å². The largest absolute Gasteiger partial charge is 0.487 e. The highest BCUT2D eigenvalue weighted by molar-refractivity contribution is 6.30. The highest BCUT2D eigenvalue weighted by Crippen LogP contribution is 2.27. The third kappa shape index (κ3) is 3.54. The molecule has 104 valence electrons. The van der Waals surface area contributed by atoms with Crippen LogP contribution in [0.5, 0.6) is 5.75 Å². The summed E-state index contributed by atoms with van der Waals surface area (Å²) in [4.78, 5) is 10.9. The van der Waals surface area contributed by atoms with Gasteiger partial charge in [-0.25, -0.2) is 8.78 Å². The molecule has 0 atom stereocenters. The minimum Gasteiger partial charge on any atom is -0.487 e. The summed E-state index contributed by atoms with van der Waals surface area (Å²) < 4.78 is 29.4. The Bertz CT molecular complexity index is 597. The molecule has 5 heteroatoms. The molecule has 2 aromatic carbocycles. The van der Waals surface area contributed by atoms with Crippen LogP contribution in [-0.2, 0) is 0 Å². The summed E-state index contributed by atoms with van der Waals surface area (Å²) in [5.41, 5.74) is 1.86. The van der Waals surface area contributed by atoms with Gasteiger partial charge in [0, 0.05) is 5.02 Å². The van der Waals surface area contributed by atoms with Crippen molar-refractivity contribution >= 4 is 17.9 Å². The van der Waals surface area contributed by atoms with Crippen LogP contribution in [0.3, 0.4) is 0 Å². The maximum Gasteiger partial charge on any atom is 0.272 e. The lowest BCUT2D eigenvalue weighted by atomic mass is 10.0. The van der Waals surface area contributed by atoms with E-state index in [0.29, 0.717) is 11.3 Å². The number of aldehydes is 1. The van der Waals surface area contributed by atoms with E-state index in [-0.39, 0.29) is 11.3 Å². The fourth-order valence-corrected chi connectivity index (χ4v) is 1.86. The molecule has 0 aliphatic rings. The number of ether oxygens (including phenoxy) is 1. The molecule has 2 aromatic rings. The van der Waals surface area contributed by atoms with Gasteiger partial charge in [-0.2, -0.15) is 0 Å². The van der Waals surface area contributed by atoms with Gasteiger partial charge in [-0.05, 0) is 35.4 Å². The minimum absolute atomic E-state index is 0.146. The molecule has 0 aliphatic carbocycles. The number of hydrogen-bond donors (Lipinski definition) is 0. The number of carbonyl (C=O) groups excluding carboxylic acids is 1. The predicted molar refractivity (Wildman–Crippen MR) is 73.8 cm³/mol. The molecule has 0 N–H and O–H groups in total. The van der Waals surface area contributed by atoms with Crippen LogP contribution in [-0.4, -0.2) is 19.3 Å². The van der Waals surface area contributed by atoms with E-state index in [1.54, 1.807) is 36.4 Å². The molecule has 0 bridgehead atoms. The molecule has 0 aliphatic heterocycles. The van der Waals surface area contributed by atoms with Crippen molar-refractivity contribution in [1.82, 2.24) is 0 Å². The monoisotopic (exact) mass is 296 g/mol. The van der Waals surface area contributed by atoms with Crippen LogP contribution < -0.4 is 4.74 Å². The standard InChI is InChI=1S/C15H11ClF2O2/c16-13-5-3-10(4-6-13)11-1-2-12(8-19)14(7-11)20-9-15(17)18/h1-8,15H,9H2. The Balaban J connectivity index is 2.33. The van der Waals surface area contributed by atoms with Crippen molar-refractivity contribution in [1.29, 1.82) is 0 Å². The molecule has 0 saturated heterocycles. The topological polar surface area (TPSA) is 26.3 Å². The zero-order valence-electron chi connectivity index (χ0n) is 10.4. The zero-order chi connectivity index (χ0) is 14.5. The fraction of sp³-hybridized carbons (Fsp3) is 0.133. The summed E-state index contributed by atoms with van der Waals surface area (Å²) in [5.74, 6) is 0.146. The normalized spacial score (nSPS) is 10.6. The van der Waals surface area contributed by atoms with Crippen LogP contribution in [0.15, 0.2) is 42.5 Å². The summed E-state index contributed by atoms with van der Waals surface area (Å²) >= 11 is 5.81. The average molecular weight is 297 g/mol. The minimum atomic E-state index is -2.59. The van der Waals surface area contributed by atoms with Crippen molar-refractivity contribution in [2.24, 2.45) is 0 Å². The maximum atomic E-state index is 12.2.